The number of hydrogen-bond donors (Lipinski definition) is 1. The predicted molar refractivity (Wildman–Crippen MR) is 75.0 cm³/mol. The number of hydrogen-bond acceptors (Lipinski definition) is 2. The molecular weight excluding hydrogens is 260 g/mol. The van der Waals surface area contributed by atoms with Gasteiger partial charge in [-0.3, -0.25) is 0 Å². The summed E-state index contributed by atoms with van der Waals surface area (Å²) in [4.78, 5) is 0. The van der Waals surface area contributed by atoms with Crippen LogP contribution in [-0.2, 0) is 6.42 Å². The highest BCUT2D eigenvalue weighted by Gasteiger charge is 2.07. The van der Waals surface area contributed by atoms with Gasteiger partial charge in [0, 0.05) is 24.2 Å². The number of benzene rings is 2. The summed E-state index contributed by atoms with van der Waals surface area (Å²) in [5.41, 5.74) is 7.76. The van der Waals surface area contributed by atoms with E-state index in [9.17, 15) is 8.78 Å². The van der Waals surface area contributed by atoms with E-state index in [4.69, 9.17) is 10.5 Å². The molecule has 0 saturated carbocycles. The second-order valence-corrected chi connectivity index (χ2v) is 4.99. The molecule has 0 aliphatic rings. The van der Waals surface area contributed by atoms with Crippen molar-refractivity contribution in [3.8, 4) is 11.5 Å². The van der Waals surface area contributed by atoms with Crippen LogP contribution in [0.4, 0.5) is 8.78 Å². The van der Waals surface area contributed by atoms with Crippen LogP contribution >= 0.6 is 0 Å². The molecule has 0 spiro atoms. The van der Waals surface area contributed by atoms with Gasteiger partial charge in [-0.05, 0) is 37.5 Å². The summed E-state index contributed by atoms with van der Waals surface area (Å²) < 4.78 is 31.7. The molecule has 0 aliphatic carbocycles. The van der Waals surface area contributed by atoms with E-state index in [1.807, 2.05) is 26.0 Å². The quantitative estimate of drug-likeness (QED) is 0.918. The van der Waals surface area contributed by atoms with Crippen molar-refractivity contribution in [2.24, 2.45) is 5.73 Å². The van der Waals surface area contributed by atoms with E-state index in [1.54, 1.807) is 6.07 Å². The van der Waals surface area contributed by atoms with E-state index in [0.29, 0.717) is 5.75 Å². The molecule has 0 saturated heterocycles. The molecule has 0 bridgehead atoms. The van der Waals surface area contributed by atoms with E-state index >= 15 is 0 Å². The Morgan fingerprint density at radius 1 is 1.10 bits per heavy atom. The fourth-order valence-electron chi connectivity index (χ4n) is 2.04. The Bertz CT molecular complexity index is 591. The molecule has 1 unspecified atom stereocenters. The van der Waals surface area contributed by atoms with Gasteiger partial charge in [0.2, 0.25) is 0 Å². The van der Waals surface area contributed by atoms with E-state index in [-0.39, 0.29) is 11.8 Å². The van der Waals surface area contributed by atoms with Crippen LogP contribution in [0.15, 0.2) is 36.4 Å². The van der Waals surface area contributed by atoms with E-state index in [1.165, 1.54) is 0 Å². The molecule has 20 heavy (non-hydrogen) atoms. The lowest BCUT2D eigenvalue weighted by Crippen LogP contribution is -2.17. The van der Waals surface area contributed by atoms with Crippen LogP contribution in [0.5, 0.6) is 11.5 Å². The van der Waals surface area contributed by atoms with Crippen LogP contribution < -0.4 is 10.5 Å². The molecule has 2 aromatic rings. The van der Waals surface area contributed by atoms with Crippen molar-refractivity contribution in [1.29, 1.82) is 0 Å². The van der Waals surface area contributed by atoms with Crippen molar-refractivity contribution in [3.63, 3.8) is 0 Å². The zero-order valence-corrected chi connectivity index (χ0v) is 11.5. The first kappa shape index (κ1) is 14.5. The van der Waals surface area contributed by atoms with Gasteiger partial charge < -0.3 is 10.5 Å². The van der Waals surface area contributed by atoms with Crippen molar-refractivity contribution in [2.45, 2.75) is 26.3 Å². The largest absolute Gasteiger partial charge is 0.457 e. The normalized spacial score (nSPS) is 12.2. The van der Waals surface area contributed by atoms with Crippen LogP contribution in [0.25, 0.3) is 0 Å². The minimum atomic E-state index is -0.661. The lowest BCUT2D eigenvalue weighted by molar-refractivity contribution is 0.465. The van der Waals surface area contributed by atoms with Gasteiger partial charge in [0.15, 0.2) is 0 Å². The Balaban J connectivity index is 2.21. The number of rotatable bonds is 4. The second-order valence-electron chi connectivity index (χ2n) is 4.99. The van der Waals surface area contributed by atoms with Crippen molar-refractivity contribution in [3.05, 3.63) is 59.2 Å². The van der Waals surface area contributed by atoms with Crippen LogP contribution in [-0.4, -0.2) is 6.04 Å². The van der Waals surface area contributed by atoms with Crippen LogP contribution in [0.1, 0.15) is 18.1 Å². The van der Waals surface area contributed by atoms with Gasteiger partial charge in [0.1, 0.15) is 23.1 Å². The average molecular weight is 277 g/mol. The summed E-state index contributed by atoms with van der Waals surface area (Å²) in [5.74, 6) is -0.605. The molecule has 106 valence electrons. The minimum absolute atomic E-state index is 0.0819. The smallest absolute Gasteiger partial charge is 0.133 e. The third-order valence-electron chi connectivity index (χ3n) is 2.86. The summed E-state index contributed by atoms with van der Waals surface area (Å²) in [5, 5.41) is 0. The molecule has 4 heteroatoms. The lowest BCUT2D eigenvalue weighted by atomic mass is 10.0. The maximum Gasteiger partial charge on any atom is 0.133 e. The molecule has 2 aromatic carbocycles. The Morgan fingerprint density at radius 2 is 1.75 bits per heavy atom. The van der Waals surface area contributed by atoms with Crippen molar-refractivity contribution < 1.29 is 13.5 Å². The summed E-state index contributed by atoms with van der Waals surface area (Å²) in [6, 6.07) is 8.85. The zero-order valence-electron chi connectivity index (χ0n) is 11.5. The number of aryl methyl sites for hydroxylation is 1. The minimum Gasteiger partial charge on any atom is -0.457 e. The molecule has 0 radical (unpaired) electrons. The van der Waals surface area contributed by atoms with Crippen LogP contribution in [0.3, 0.4) is 0 Å². The summed E-state index contributed by atoms with van der Waals surface area (Å²) in [6.07, 6.45) is 0.774. The summed E-state index contributed by atoms with van der Waals surface area (Å²) in [7, 11) is 0. The van der Waals surface area contributed by atoms with Gasteiger partial charge in [0.25, 0.3) is 0 Å². The number of nitrogens with two attached hydrogens (primary N) is 1. The highest BCUT2D eigenvalue weighted by Crippen LogP contribution is 2.27. The predicted octanol–water partition coefficient (Wildman–Crippen LogP) is 3.96. The molecule has 0 heterocycles. The molecule has 2 nitrogen and oxygen atoms in total. The number of ether oxygens (including phenoxy) is 1. The molecule has 2 rings (SSSR count). The summed E-state index contributed by atoms with van der Waals surface area (Å²) >= 11 is 0. The maximum absolute atomic E-state index is 13.1. The van der Waals surface area contributed by atoms with Gasteiger partial charge in [-0.25, -0.2) is 8.78 Å². The van der Waals surface area contributed by atoms with E-state index in [2.05, 4.69) is 0 Å². The highest BCUT2D eigenvalue weighted by molar-refractivity contribution is 5.40. The Labute approximate surface area is 117 Å². The molecule has 0 fully saturated rings. The third kappa shape index (κ3) is 3.78. The van der Waals surface area contributed by atoms with E-state index < -0.39 is 11.6 Å². The first-order valence-corrected chi connectivity index (χ1v) is 6.43. The molecule has 2 N–H and O–H groups in total. The first-order chi connectivity index (χ1) is 9.44. The standard InChI is InChI=1S/C16H17F2NO/c1-10-5-12(6-11(2)19)3-4-16(10)20-15-8-13(17)7-14(18)9-15/h3-5,7-9,11H,6,19H2,1-2H3. The van der Waals surface area contributed by atoms with Crippen LogP contribution in [0, 0.1) is 18.6 Å². The van der Waals surface area contributed by atoms with Gasteiger partial charge >= 0.3 is 0 Å². The van der Waals surface area contributed by atoms with Gasteiger partial charge in [0.05, 0.1) is 0 Å². The monoisotopic (exact) mass is 277 g/mol. The highest BCUT2D eigenvalue weighted by atomic mass is 19.1. The van der Waals surface area contributed by atoms with Crippen molar-refractivity contribution in [2.75, 3.05) is 0 Å². The van der Waals surface area contributed by atoms with Crippen molar-refractivity contribution in [1.82, 2.24) is 0 Å². The molecule has 0 amide bonds. The lowest BCUT2D eigenvalue weighted by Gasteiger charge is -2.11. The van der Waals surface area contributed by atoms with Crippen molar-refractivity contribution >= 4 is 0 Å². The molecular formula is C16H17F2NO. The topological polar surface area (TPSA) is 35.2 Å². The molecule has 0 aliphatic heterocycles. The Morgan fingerprint density at radius 3 is 2.30 bits per heavy atom. The van der Waals surface area contributed by atoms with E-state index in [0.717, 1.165) is 35.7 Å². The zero-order chi connectivity index (χ0) is 14.7. The average Bonchev–Trinajstić information content (AvgIpc) is 2.30. The summed E-state index contributed by atoms with van der Waals surface area (Å²) in [6.45, 7) is 3.82. The fraction of sp³-hybridized carbons (Fsp3) is 0.250. The number of halogens is 2. The SMILES string of the molecule is Cc1cc(CC(C)N)ccc1Oc1cc(F)cc(F)c1. The first-order valence-electron chi connectivity index (χ1n) is 6.43. The van der Waals surface area contributed by atoms with Gasteiger partial charge in [-0.1, -0.05) is 12.1 Å². The Kier molecular flexibility index (Phi) is 4.35. The maximum atomic E-state index is 13.1. The Hall–Kier alpha value is -1.94. The molecule has 1 atom stereocenters. The van der Waals surface area contributed by atoms with Gasteiger partial charge in [-0.15, -0.1) is 0 Å². The van der Waals surface area contributed by atoms with Gasteiger partial charge in [-0.2, -0.15) is 0 Å². The van der Waals surface area contributed by atoms with Crippen LogP contribution in [0.2, 0.25) is 0 Å². The second kappa shape index (κ2) is 6.01. The molecule has 0 aromatic heterocycles. The third-order valence-corrected chi connectivity index (χ3v) is 2.86. The fourth-order valence-corrected chi connectivity index (χ4v) is 2.04.